The molecule has 1 atom stereocenters. The molecule has 1 aromatic rings. The van der Waals surface area contributed by atoms with Crippen LogP contribution in [0, 0.1) is 19.8 Å². The van der Waals surface area contributed by atoms with Gasteiger partial charge in [0, 0.05) is 26.6 Å². The highest BCUT2D eigenvalue weighted by molar-refractivity contribution is 7.89. The van der Waals surface area contributed by atoms with Crippen LogP contribution in [0.2, 0.25) is 0 Å². The number of piperidine rings is 1. The fourth-order valence-electron chi connectivity index (χ4n) is 3.36. The zero-order valence-electron chi connectivity index (χ0n) is 15.5. The summed E-state index contributed by atoms with van der Waals surface area (Å²) in [6.45, 7) is 5.67. The molecule has 1 aliphatic rings. The average Bonchev–Trinajstić information content (AvgIpc) is 2.79. The number of aryl methyl sites for hydroxylation is 2. The van der Waals surface area contributed by atoms with E-state index < -0.39 is 22.0 Å². The predicted molar refractivity (Wildman–Crippen MR) is 94.0 cm³/mol. The van der Waals surface area contributed by atoms with E-state index in [1.54, 1.807) is 25.8 Å². The van der Waals surface area contributed by atoms with Gasteiger partial charge in [0.2, 0.25) is 15.9 Å². The third-order valence-electron chi connectivity index (χ3n) is 4.80. The number of rotatable bonds is 6. The quantitative estimate of drug-likeness (QED) is 0.731. The fourth-order valence-corrected chi connectivity index (χ4v) is 5.00. The standard InChI is InChI=1S/C16H26N4O5S/c1-10-15(12(3)19(4)17-10)26(24,25)18-11(2)16(23)20-7-5-13(6-8-20)9-14(21)22/h11,13,18H,5-9H2,1-4H3,(H,21,22). The molecular formula is C16H26N4O5S. The van der Waals surface area contributed by atoms with Gasteiger partial charge in [0.1, 0.15) is 4.90 Å². The average molecular weight is 386 g/mol. The zero-order chi connectivity index (χ0) is 19.6. The van der Waals surface area contributed by atoms with Gasteiger partial charge in [-0.2, -0.15) is 9.82 Å². The molecule has 2 rings (SSSR count). The minimum absolute atomic E-state index is 0.0595. The van der Waals surface area contributed by atoms with Crippen molar-refractivity contribution >= 4 is 21.9 Å². The normalized spacial score (nSPS) is 17.3. The molecule has 0 bridgehead atoms. The molecule has 10 heteroatoms. The molecule has 1 unspecified atom stereocenters. The largest absolute Gasteiger partial charge is 0.481 e. The second kappa shape index (κ2) is 7.75. The van der Waals surface area contributed by atoms with Gasteiger partial charge in [0.15, 0.2) is 0 Å². The maximum atomic E-state index is 12.7. The Bertz CT molecular complexity index is 794. The van der Waals surface area contributed by atoms with Crippen molar-refractivity contribution in [1.82, 2.24) is 19.4 Å². The lowest BCUT2D eigenvalue weighted by molar-refractivity contribution is -0.138. The number of carbonyl (C=O) groups is 2. The number of nitrogens with one attached hydrogen (secondary N) is 1. The van der Waals surface area contributed by atoms with Crippen LogP contribution in [0.1, 0.15) is 37.6 Å². The monoisotopic (exact) mass is 386 g/mol. The molecule has 146 valence electrons. The van der Waals surface area contributed by atoms with E-state index in [9.17, 15) is 18.0 Å². The van der Waals surface area contributed by atoms with Crippen LogP contribution in [0.15, 0.2) is 4.90 Å². The second-order valence-corrected chi connectivity index (χ2v) is 8.48. The first-order valence-electron chi connectivity index (χ1n) is 8.56. The maximum absolute atomic E-state index is 12.7. The van der Waals surface area contributed by atoms with E-state index in [0.29, 0.717) is 37.3 Å². The van der Waals surface area contributed by atoms with Crippen LogP contribution in [0.5, 0.6) is 0 Å². The van der Waals surface area contributed by atoms with E-state index in [4.69, 9.17) is 5.11 Å². The van der Waals surface area contributed by atoms with Crippen molar-refractivity contribution in [3.8, 4) is 0 Å². The number of carboxylic acids is 1. The minimum Gasteiger partial charge on any atom is -0.481 e. The van der Waals surface area contributed by atoms with Crippen molar-refractivity contribution in [3.05, 3.63) is 11.4 Å². The van der Waals surface area contributed by atoms with Gasteiger partial charge >= 0.3 is 5.97 Å². The molecule has 1 saturated heterocycles. The molecule has 0 saturated carbocycles. The Kier molecular flexibility index (Phi) is 6.07. The zero-order valence-corrected chi connectivity index (χ0v) is 16.3. The number of hydrogen-bond donors (Lipinski definition) is 2. The van der Waals surface area contributed by atoms with Crippen molar-refractivity contribution < 1.29 is 23.1 Å². The lowest BCUT2D eigenvalue weighted by atomic mass is 9.93. The highest BCUT2D eigenvalue weighted by Crippen LogP contribution is 2.22. The highest BCUT2D eigenvalue weighted by Gasteiger charge is 2.31. The number of hydrogen-bond acceptors (Lipinski definition) is 5. The summed E-state index contributed by atoms with van der Waals surface area (Å²) in [5.74, 6) is -1.08. The number of aromatic nitrogens is 2. The Labute approximate surface area is 153 Å². The molecule has 2 N–H and O–H groups in total. The van der Waals surface area contributed by atoms with E-state index in [-0.39, 0.29) is 23.1 Å². The van der Waals surface area contributed by atoms with Gasteiger partial charge < -0.3 is 10.0 Å². The Balaban J connectivity index is 2.02. The molecule has 0 aliphatic carbocycles. The second-order valence-electron chi connectivity index (χ2n) is 6.83. The van der Waals surface area contributed by atoms with Gasteiger partial charge in [-0.15, -0.1) is 0 Å². The van der Waals surface area contributed by atoms with E-state index >= 15 is 0 Å². The summed E-state index contributed by atoms with van der Waals surface area (Å²) in [5.41, 5.74) is 0.885. The SMILES string of the molecule is Cc1nn(C)c(C)c1S(=O)(=O)NC(C)C(=O)N1CCC(CC(=O)O)CC1. The maximum Gasteiger partial charge on any atom is 0.303 e. The molecule has 9 nitrogen and oxygen atoms in total. The summed E-state index contributed by atoms with van der Waals surface area (Å²) in [7, 11) is -2.21. The smallest absolute Gasteiger partial charge is 0.303 e. The number of amides is 1. The first-order valence-corrected chi connectivity index (χ1v) is 10.0. The van der Waals surface area contributed by atoms with Crippen molar-refractivity contribution in [2.24, 2.45) is 13.0 Å². The van der Waals surface area contributed by atoms with Crippen LogP contribution >= 0.6 is 0 Å². The van der Waals surface area contributed by atoms with Crippen LogP contribution in [-0.4, -0.2) is 59.2 Å². The summed E-state index contributed by atoms with van der Waals surface area (Å²) in [6, 6.07) is -0.907. The van der Waals surface area contributed by atoms with Crippen LogP contribution in [-0.2, 0) is 26.7 Å². The van der Waals surface area contributed by atoms with Crippen molar-refractivity contribution in [3.63, 3.8) is 0 Å². The molecule has 0 aromatic carbocycles. The first-order chi connectivity index (χ1) is 12.0. The Morgan fingerprint density at radius 3 is 2.35 bits per heavy atom. The molecule has 0 radical (unpaired) electrons. The molecule has 2 heterocycles. The summed E-state index contributed by atoms with van der Waals surface area (Å²) < 4.78 is 29.2. The number of sulfonamides is 1. The molecular weight excluding hydrogens is 360 g/mol. The number of carbonyl (C=O) groups excluding carboxylic acids is 1. The highest BCUT2D eigenvalue weighted by atomic mass is 32.2. The summed E-state index contributed by atoms with van der Waals surface area (Å²) >= 11 is 0. The predicted octanol–water partition coefficient (Wildman–Crippen LogP) is 0.417. The van der Waals surface area contributed by atoms with Crippen LogP contribution < -0.4 is 4.72 Å². The van der Waals surface area contributed by atoms with Crippen molar-refractivity contribution in [2.75, 3.05) is 13.1 Å². The lowest BCUT2D eigenvalue weighted by Crippen LogP contribution is -2.49. The molecule has 0 spiro atoms. The van der Waals surface area contributed by atoms with E-state index in [0.717, 1.165) is 0 Å². The molecule has 1 amide bonds. The van der Waals surface area contributed by atoms with Gasteiger partial charge in [-0.3, -0.25) is 14.3 Å². The number of nitrogens with zero attached hydrogens (tertiary/aromatic N) is 3. The van der Waals surface area contributed by atoms with Crippen molar-refractivity contribution in [2.45, 2.75) is 51.0 Å². The fraction of sp³-hybridized carbons (Fsp3) is 0.688. The Morgan fingerprint density at radius 1 is 1.31 bits per heavy atom. The number of carboxylic acid groups (broad SMARTS) is 1. The van der Waals surface area contributed by atoms with Gasteiger partial charge in [-0.1, -0.05) is 0 Å². The first kappa shape index (κ1) is 20.4. The minimum atomic E-state index is -3.87. The van der Waals surface area contributed by atoms with E-state index in [1.807, 2.05) is 0 Å². The van der Waals surface area contributed by atoms with E-state index in [2.05, 4.69) is 9.82 Å². The van der Waals surface area contributed by atoms with Crippen LogP contribution in [0.4, 0.5) is 0 Å². The number of aliphatic carboxylic acids is 1. The number of likely N-dealkylation sites (tertiary alicyclic amines) is 1. The van der Waals surface area contributed by atoms with Crippen LogP contribution in [0.3, 0.4) is 0 Å². The van der Waals surface area contributed by atoms with Crippen molar-refractivity contribution in [1.29, 1.82) is 0 Å². The van der Waals surface area contributed by atoms with Gasteiger partial charge in [-0.25, -0.2) is 8.42 Å². The molecule has 1 aromatic heterocycles. The lowest BCUT2D eigenvalue weighted by Gasteiger charge is -2.33. The third kappa shape index (κ3) is 4.42. The molecule has 1 fully saturated rings. The van der Waals surface area contributed by atoms with E-state index in [1.165, 1.54) is 11.6 Å². The van der Waals surface area contributed by atoms with Gasteiger partial charge in [0.05, 0.1) is 17.4 Å². The van der Waals surface area contributed by atoms with Crippen LogP contribution in [0.25, 0.3) is 0 Å². The Morgan fingerprint density at radius 2 is 1.88 bits per heavy atom. The molecule has 1 aliphatic heterocycles. The summed E-state index contributed by atoms with van der Waals surface area (Å²) in [4.78, 5) is 25.0. The third-order valence-corrected chi connectivity index (χ3v) is 6.60. The summed E-state index contributed by atoms with van der Waals surface area (Å²) in [5, 5.41) is 13.0. The molecule has 26 heavy (non-hydrogen) atoms. The Hall–Kier alpha value is -1.94. The van der Waals surface area contributed by atoms with Gasteiger partial charge in [-0.05, 0) is 39.5 Å². The topological polar surface area (TPSA) is 122 Å². The van der Waals surface area contributed by atoms with Gasteiger partial charge in [0.25, 0.3) is 0 Å². The summed E-state index contributed by atoms with van der Waals surface area (Å²) in [6.07, 6.45) is 1.32.